The third-order valence-electron chi connectivity index (χ3n) is 13.9. The fourth-order valence-corrected chi connectivity index (χ4v) is 11.8. The van der Waals surface area contributed by atoms with Gasteiger partial charge in [-0.05, 0) is 116 Å². The summed E-state index contributed by atoms with van der Waals surface area (Å²) in [5, 5.41) is 20.3. The molecule has 0 aliphatic carbocycles. The summed E-state index contributed by atoms with van der Waals surface area (Å²) in [6.45, 7) is 0. The molecule has 0 spiro atoms. The second kappa shape index (κ2) is 14.0. The van der Waals surface area contributed by atoms with Crippen molar-refractivity contribution in [3.63, 3.8) is 0 Å². The van der Waals surface area contributed by atoms with Gasteiger partial charge in [-0.25, -0.2) is 9.98 Å². The van der Waals surface area contributed by atoms with Gasteiger partial charge >= 0.3 is 0 Å². The van der Waals surface area contributed by atoms with Gasteiger partial charge in [0.05, 0.1) is 11.0 Å². The zero-order valence-corrected chi connectivity index (χ0v) is 36.7. The summed E-state index contributed by atoms with van der Waals surface area (Å²) in [4.78, 5) is 10.9. The third-order valence-corrected chi connectivity index (χ3v) is 15.1. The van der Waals surface area contributed by atoms with E-state index < -0.39 is 6.17 Å². The number of benzene rings is 11. The second-order valence-electron chi connectivity index (χ2n) is 17.8. The normalized spacial score (nSPS) is 14.4. The molecule has 3 aromatic heterocycles. The lowest BCUT2D eigenvalue weighted by atomic mass is 10.0. The number of rotatable bonds is 4. The molecule has 1 N–H and O–H groups in total. The van der Waals surface area contributed by atoms with Gasteiger partial charge in [-0.2, -0.15) is 0 Å². The Balaban J connectivity index is 1.03. The van der Waals surface area contributed by atoms with Crippen molar-refractivity contribution in [1.82, 2.24) is 9.88 Å². The van der Waals surface area contributed by atoms with Gasteiger partial charge in [0, 0.05) is 64.1 Å². The van der Waals surface area contributed by atoms with E-state index in [1.807, 2.05) is 11.3 Å². The SMILES string of the molecule is c1ccc2cc(C3=NC(c4cc(-n5c6cc7ccccc7cc6c6cc7ccccc7cc65)cc5c4oc4ccc6ccccc6c45)NC(c4ccc5sc6ccccc6c5c4)=N3)ccc2c1. The topological polar surface area (TPSA) is 54.8 Å². The van der Waals surface area contributed by atoms with Crippen LogP contribution in [-0.2, 0) is 0 Å². The molecule has 0 bridgehead atoms. The highest BCUT2D eigenvalue weighted by Gasteiger charge is 2.28. The van der Waals surface area contributed by atoms with Crippen LogP contribution in [0.5, 0.6) is 0 Å². The maximum atomic E-state index is 7.09. The molecule has 0 fully saturated rings. The Kier molecular flexibility index (Phi) is 7.65. The first-order valence-electron chi connectivity index (χ1n) is 22.7. The molecule has 1 atom stereocenters. The monoisotopic (exact) mass is 872 g/mol. The number of aromatic nitrogens is 1. The van der Waals surface area contributed by atoms with E-state index in [-0.39, 0.29) is 0 Å². The summed E-state index contributed by atoms with van der Waals surface area (Å²) in [7, 11) is 0. The first-order valence-corrected chi connectivity index (χ1v) is 23.5. The average molecular weight is 873 g/mol. The molecule has 5 nitrogen and oxygen atoms in total. The van der Waals surface area contributed by atoms with Gasteiger partial charge in [0.25, 0.3) is 0 Å². The Hall–Kier alpha value is -8.58. The molecule has 312 valence electrons. The summed E-state index contributed by atoms with van der Waals surface area (Å²) in [6, 6.07) is 74.6. The lowest BCUT2D eigenvalue weighted by Crippen LogP contribution is -2.33. The highest BCUT2D eigenvalue weighted by Crippen LogP contribution is 2.44. The minimum Gasteiger partial charge on any atom is -0.456 e. The van der Waals surface area contributed by atoms with E-state index >= 15 is 0 Å². The Labute approximate surface area is 387 Å². The number of nitrogens with one attached hydrogen (secondary N) is 1. The predicted molar refractivity (Wildman–Crippen MR) is 283 cm³/mol. The zero-order valence-electron chi connectivity index (χ0n) is 35.9. The van der Waals surface area contributed by atoms with Crippen LogP contribution in [-0.4, -0.2) is 16.2 Å². The zero-order chi connectivity index (χ0) is 43.7. The van der Waals surface area contributed by atoms with Crippen LogP contribution in [0.2, 0.25) is 0 Å². The molecule has 6 heteroatoms. The lowest BCUT2D eigenvalue weighted by Gasteiger charge is -2.24. The van der Waals surface area contributed by atoms with Gasteiger partial charge in [-0.15, -0.1) is 11.3 Å². The molecule has 0 saturated heterocycles. The fraction of sp³-hybridized carbons (Fsp3) is 0.0164. The number of hydrogen-bond acceptors (Lipinski definition) is 5. The molecule has 0 radical (unpaired) electrons. The molecule has 11 aromatic carbocycles. The Morgan fingerprint density at radius 1 is 0.448 bits per heavy atom. The number of aliphatic imine (C=N–C) groups is 2. The Bertz CT molecular complexity index is 4420. The van der Waals surface area contributed by atoms with Gasteiger partial charge in [0.15, 0.2) is 12.0 Å². The van der Waals surface area contributed by atoms with Crippen molar-refractivity contribution in [2.75, 3.05) is 0 Å². The van der Waals surface area contributed by atoms with Crippen molar-refractivity contribution in [3.05, 3.63) is 223 Å². The van der Waals surface area contributed by atoms with Crippen molar-refractivity contribution in [1.29, 1.82) is 0 Å². The first kappa shape index (κ1) is 36.7. The summed E-state index contributed by atoms with van der Waals surface area (Å²) >= 11 is 1.82. The molecule has 1 unspecified atom stereocenters. The summed E-state index contributed by atoms with van der Waals surface area (Å²) in [5.74, 6) is 1.42. The standard InChI is InChI=1S/C61H36N4OS/c1-2-13-37-27-42(22-21-35(37)11-1)59-62-60(43-24-26-56-49(30-43)46-19-9-10-20-55(46)67-56)64-61(63-59)51-34-44(33-50-57-45-18-8-7-12-36(45)23-25-54(57)66-58(50)51)65-52-31-40-16-5-3-14-38(40)28-47(52)48-29-39-15-4-6-17-41(39)32-53(48)65/h1-34,61H,(H,62,63,64). The van der Waals surface area contributed by atoms with Crippen LogP contribution in [0, 0.1) is 0 Å². The van der Waals surface area contributed by atoms with E-state index in [0.29, 0.717) is 5.84 Å². The first-order chi connectivity index (χ1) is 33.1. The fourth-order valence-electron chi connectivity index (χ4n) is 10.7. The van der Waals surface area contributed by atoms with Gasteiger partial charge < -0.3 is 14.3 Å². The Morgan fingerprint density at radius 2 is 1.04 bits per heavy atom. The number of amidine groups is 2. The maximum Gasteiger partial charge on any atom is 0.159 e. The van der Waals surface area contributed by atoms with E-state index in [9.17, 15) is 0 Å². The highest BCUT2D eigenvalue weighted by molar-refractivity contribution is 7.25. The maximum absolute atomic E-state index is 7.09. The molecular weight excluding hydrogens is 837 g/mol. The smallest absolute Gasteiger partial charge is 0.159 e. The molecule has 14 aromatic rings. The van der Waals surface area contributed by atoms with Crippen LogP contribution in [0.4, 0.5) is 0 Å². The second-order valence-corrected chi connectivity index (χ2v) is 18.9. The molecule has 4 heterocycles. The number of hydrogen-bond donors (Lipinski definition) is 1. The van der Waals surface area contributed by atoms with Crippen LogP contribution < -0.4 is 5.32 Å². The Morgan fingerprint density at radius 3 is 1.79 bits per heavy atom. The van der Waals surface area contributed by atoms with Crippen LogP contribution in [0.1, 0.15) is 22.9 Å². The minimum atomic E-state index is -0.562. The van der Waals surface area contributed by atoms with Crippen LogP contribution >= 0.6 is 11.3 Å². The summed E-state index contributed by atoms with van der Waals surface area (Å²) < 4.78 is 12.1. The number of thiophene rings is 1. The molecule has 15 rings (SSSR count). The van der Waals surface area contributed by atoms with Crippen molar-refractivity contribution in [2.24, 2.45) is 9.98 Å². The third kappa shape index (κ3) is 5.60. The van der Waals surface area contributed by atoms with Crippen LogP contribution in [0.3, 0.4) is 0 Å². The van der Waals surface area contributed by atoms with E-state index in [0.717, 1.165) is 77.3 Å². The van der Waals surface area contributed by atoms with Crippen molar-refractivity contribution >= 4 is 130 Å². The van der Waals surface area contributed by atoms with Crippen LogP contribution in [0.15, 0.2) is 221 Å². The molecule has 0 amide bonds. The van der Waals surface area contributed by atoms with Crippen molar-refractivity contribution in [3.8, 4) is 5.69 Å². The molecule has 67 heavy (non-hydrogen) atoms. The number of fused-ring (bicyclic) bond motifs is 14. The van der Waals surface area contributed by atoms with Crippen LogP contribution in [0.25, 0.3) is 113 Å². The van der Waals surface area contributed by atoms with Crippen molar-refractivity contribution < 1.29 is 4.42 Å². The largest absolute Gasteiger partial charge is 0.456 e. The lowest BCUT2D eigenvalue weighted by molar-refractivity contribution is 0.628. The molecule has 1 aliphatic rings. The van der Waals surface area contributed by atoms with Gasteiger partial charge in [0.2, 0.25) is 0 Å². The van der Waals surface area contributed by atoms with Gasteiger partial charge in [-0.1, -0.05) is 133 Å². The predicted octanol–water partition coefficient (Wildman–Crippen LogP) is 16.2. The van der Waals surface area contributed by atoms with E-state index in [1.54, 1.807) is 0 Å². The van der Waals surface area contributed by atoms with Crippen molar-refractivity contribution in [2.45, 2.75) is 6.17 Å². The van der Waals surface area contributed by atoms with Gasteiger partial charge in [0.1, 0.15) is 17.0 Å². The summed E-state index contributed by atoms with van der Waals surface area (Å²) in [6.07, 6.45) is -0.562. The van der Waals surface area contributed by atoms with E-state index in [1.165, 1.54) is 57.9 Å². The highest BCUT2D eigenvalue weighted by atomic mass is 32.1. The number of furan rings is 1. The quantitative estimate of drug-likeness (QED) is 0.192. The average Bonchev–Trinajstić information content (AvgIpc) is 4.05. The summed E-state index contributed by atoms with van der Waals surface area (Å²) in [5.41, 5.74) is 7.83. The molecular formula is C61H36N4OS. The van der Waals surface area contributed by atoms with E-state index in [2.05, 4.69) is 216 Å². The number of nitrogens with zero attached hydrogens (tertiary/aromatic N) is 3. The molecule has 1 aliphatic heterocycles. The minimum absolute atomic E-state index is 0.562. The molecule has 0 saturated carbocycles. The van der Waals surface area contributed by atoms with Gasteiger partial charge in [-0.3, -0.25) is 0 Å². The van der Waals surface area contributed by atoms with E-state index in [4.69, 9.17) is 14.4 Å².